The number of pyridine rings is 1. The number of hydrogen-bond donors (Lipinski definition) is 1. The molecule has 2 aromatic rings. The quantitative estimate of drug-likeness (QED) is 0.647. The molecule has 0 unspecified atom stereocenters. The standard InChI is InChI=1S/C11H12N4S/c1-12-10-4-2-3-9(15-10)7-16-11-5-6-13-8-14-11/h2-6,8H,7H2,1H3,(H,12,15). The minimum atomic E-state index is 0.812. The van der Waals surface area contributed by atoms with E-state index in [0.29, 0.717) is 0 Å². The van der Waals surface area contributed by atoms with E-state index in [1.54, 1.807) is 24.3 Å². The summed E-state index contributed by atoms with van der Waals surface area (Å²) in [6.07, 6.45) is 3.30. The van der Waals surface area contributed by atoms with Crippen LogP contribution in [0.1, 0.15) is 5.69 Å². The van der Waals surface area contributed by atoms with Gasteiger partial charge in [-0.05, 0) is 18.2 Å². The van der Waals surface area contributed by atoms with Gasteiger partial charge in [0.05, 0.1) is 10.7 Å². The molecule has 0 bridgehead atoms. The molecule has 82 valence electrons. The van der Waals surface area contributed by atoms with E-state index in [-0.39, 0.29) is 0 Å². The van der Waals surface area contributed by atoms with Gasteiger partial charge in [-0.2, -0.15) is 0 Å². The highest BCUT2D eigenvalue weighted by Gasteiger charge is 1.99. The lowest BCUT2D eigenvalue weighted by atomic mass is 10.4. The average Bonchev–Trinajstić information content (AvgIpc) is 2.38. The topological polar surface area (TPSA) is 50.7 Å². The fourth-order valence-corrected chi connectivity index (χ4v) is 1.95. The predicted octanol–water partition coefficient (Wildman–Crippen LogP) is 2.21. The summed E-state index contributed by atoms with van der Waals surface area (Å²) in [5.41, 5.74) is 1.04. The van der Waals surface area contributed by atoms with Crippen LogP contribution >= 0.6 is 11.8 Å². The molecule has 5 heteroatoms. The fraction of sp³-hybridized carbons (Fsp3) is 0.182. The van der Waals surface area contributed by atoms with E-state index < -0.39 is 0 Å². The van der Waals surface area contributed by atoms with E-state index in [0.717, 1.165) is 22.3 Å². The lowest BCUT2D eigenvalue weighted by Crippen LogP contribution is -1.95. The Morgan fingerprint density at radius 1 is 1.31 bits per heavy atom. The molecule has 0 saturated carbocycles. The van der Waals surface area contributed by atoms with Crippen molar-refractivity contribution in [1.29, 1.82) is 0 Å². The summed E-state index contributed by atoms with van der Waals surface area (Å²) in [6.45, 7) is 0. The maximum absolute atomic E-state index is 4.43. The third kappa shape index (κ3) is 2.93. The van der Waals surface area contributed by atoms with Crippen LogP contribution in [0.4, 0.5) is 5.82 Å². The van der Waals surface area contributed by atoms with Crippen molar-refractivity contribution in [3.63, 3.8) is 0 Å². The molecule has 0 fully saturated rings. The number of hydrogen-bond acceptors (Lipinski definition) is 5. The van der Waals surface area contributed by atoms with E-state index in [2.05, 4.69) is 20.3 Å². The Labute approximate surface area is 98.6 Å². The molecule has 2 heterocycles. The first-order chi connectivity index (χ1) is 7.88. The largest absolute Gasteiger partial charge is 0.373 e. The zero-order valence-electron chi connectivity index (χ0n) is 8.92. The highest BCUT2D eigenvalue weighted by molar-refractivity contribution is 7.98. The maximum atomic E-state index is 4.43. The summed E-state index contributed by atoms with van der Waals surface area (Å²) in [5.74, 6) is 1.70. The molecule has 0 aliphatic heterocycles. The van der Waals surface area contributed by atoms with Crippen molar-refractivity contribution in [1.82, 2.24) is 15.0 Å². The molecule has 2 rings (SSSR count). The first-order valence-corrected chi connectivity index (χ1v) is 5.89. The Bertz CT molecular complexity index is 447. The van der Waals surface area contributed by atoms with Crippen LogP contribution in [0.25, 0.3) is 0 Å². The van der Waals surface area contributed by atoms with Crippen molar-refractivity contribution < 1.29 is 0 Å². The third-order valence-electron chi connectivity index (χ3n) is 1.99. The third-order valence-corrected chi connectivity index (χ3v) is 2.96. The van der Waals surface area contributed by atoms with Gasteiger partial charge in [-0.15, -0.1) is 0 Å². The van der Waals surface area contributed by atoms with E-state index in [1.165, 1.54) is 0 Å². The number of thioether (sulfide) groups is 1. The van der Waals surface area contributed by atoms with Crippen LogP contribution in [0.2, 0.25) is 0 Å². The van der Waals surface area contributed by atoms with Gasteiger partial charge in [-0.3, -0.25) is 0 Å². The molecule has 0 radical (unpaired) electrons. The lowest BCUT2D eigenvalue weighted by Gasteiger charge is -2.03. The van der Waals surface area contributed by atoms with Crippen molar-refractivity contribution in [2.75, 3.05) is 12.4 Å². The van der Waals surface area contributed by atoms with Crippen molar-refractivity contribution >= 4 is 17.6 Å². The molecule has 1 N–H and O–H groups in total. The monoisotopic (exact) mass is 232 g/mol. The molecule has 4 nitrogen and oxygen atoms in total. The van der Waals surface area contributed by atoms with E-state index >= 15 is 0 Å². The number of rotatable bonds is 4. The Morgan fingerprint density at radius 2 is 2.25 bits per heavy atom. The van der Waals surface area contributed by atoms with Gasteiger partial charge in [0.2, 0.25) is 0 Å². The Morgan fingerprint density at radius 3 is 3.00 bits per heavy atom. The van der Waals surface area contributed by atoms with E-state index in [9.17, 15) is 0 Å². The molecule has 16 heavy (non-hydrogen) atoms. The van der Waals surface area contributed by atoms with Gasteiger partial charge in [-0.1, -0.05) is 17.8 Å². The number of nitrogens with one attached hydrogen (secondary N) is 1. The second kappa shape index (κ2) is 5.46. The Kier molecular flexibility index (Phi) is 3.71. The number of anilines is 1. The summed E-state index contributed by atoms with van der Waals surface area (Å²) < 4.78 is 0. The summed E-state index contributed by atoms with van der Waals surface area (Å²) in [7, 11) is 1.86. The number of nitrogens with zero attached hydrogens (tertiary/aromatic N) is 3. The predicted molar refractivity (Wildman–Crippen MR) is 65.4 cm³/mol. The molecule has 0 spiro atoms. The van der Waals surface area contributed by atoms with E-state index in [4.69, 9.17) is 0 Å². The molecular formula is C11H12N4S. The zero-order valence-corrected chi connectivity index (χ0v) is 9.74. The van der Waals surface area contributed by atoms with Crippen LogP contribution in [-0.2, 0) is 5.75 Å². The first kappa shape index (κ1) is 10.9. The van der Waals surface area contributed by atoms with Gasteiger partial charge >= 0.3 is 0 Å². The summed E-state index contributed by atoms with van der Waals surface area (Å²) in [4.78, 5) is 12.5. The smallest absolute Gasteiger partial charge is 0.125 e. The SMILES string of the molecule is CNc1cccc(CSc2ccncn2)n1. The zero-order chi connectivity index (χ0) is 11.2. The lowest BCUT2D eigenvalue weighted by molar-refractivity contribution is 1.04. The molecule has 0 atom stereocenters. The molecule has 2 aromatic heterocycles. The van der Waals surface area contributed by atoms with Crippen LogP contribution in [0, 0.1) is 0 Å². The highest BCUT2D eigenvalue weighted by Crippen LogP contribution is 2.19. The molecule has 0 saturated heterocycles. The molecule has 0 aliphatic rings. The van der Waals surface area contributed by atoms with Crippen LogP contribution in [0.5, 0.6) is 0 Å². The maximum Gasteiger partial charge on any atom is 0.125 e. The molecule has 0 aromatic carbocycles. The van der Waals surface area contributed by atoms with Crippen LogP contribution in [0.3, 0.4) is 0 Å². The normalized spacial score (nSPS) is 10.1. The van der Waals surface area contributed by atoms with Crippen molar-refractivity contribution in [3.05, 3.63) is 42.5 Å². The van der Waals surface area contributed by atoms with Gasteiger partial charge in [0.25, 0.3) is 0 Å². The van der Waals surface area contributed by atoms with Gasteiger partial charge in [-0.25, -0.2) is 15.0 Å². The van der Waals surface area contributed by atoms with Gasteiger partial charge in [0, 0.05) is 19.0 Å². The minimum absolute atomic E-state index is 0.812. The molecule has 0 aliphatic carbocycles. The Hall–Kier alpha value is -1.62. The van der Waals surface area contributed by atoms with Gasteiger partial charge < -0.3 is 5.32 Å². The van der Waals surface area contributed by atoms with Crippen LogP contribution in [0.15, 0.2) is 41.8 Å². The van der Waals surface area contributed by atoms with Crippen LogP contribution < -0.4 is 5.32 Å². The van der Waals surface area contributed by atoms with Crippen molar-refractivity contribution in [3.8, 4) is 0 Å². The number of aromatic nitrogens is 3. The second-order valence-corrected chi connectivity index (χ2v) is 4.10. The second-order valence-electron chi connectivity index (χ2n) is 3.10. The molecular weight excluding hydrogens is 220 g/mol. The first-order valence-electron chi connectivity index (χ1n) is 4.91. The van der Waals surface area contributed by atoms with Crippen LogP contribution in [-0.4, -0.2) is 22.0 Å². The Balaban J connectivity index is 1.99. The summed E-state index contributed by atoms with van der Waals surface area (Å²) >= 11 is 1.65. The highest BCUT2D eigenvalue weighted by atomic mass is 32.2. The average molecular weight is 232 g/mol. The van der Waals surface area contributed by atoms with Gasteiger partial charge in [0.15, 0.2) is 0 Å². The molecule has 0 amide bonds. The minimum Gasteiger partial charge on any atom is -0.373 e. The summed E-state index contributed by atoms with van der Waals surface area (Å²) in [6, 6.07) is 7.84. The van der Waals surface area contributed by atoms with Crippen molar-refractivity contribution in [2.45, 2.75) is 10.8 Å². The fourth-order valence-electron chi connectivity index (χ4n) is 1.21. The summed E-state index contributed by atoms with van der Waals surface area (Å²) in [5, 5.41) is 3.98. The van der Waals surface area contributed by atoms with Crippen molar-refractivity contribution in [2.24, 2.45) is 0 Å². The van der Waals surface area contributed by atoms with Gasteiger partial charge in [0.1, 0.15) is 12.1 Å². The van der Waals surface area contributed by atoms with E-state index in [1.807, 2.05) is 31.3 Å².